The highest BCUT2D eigenvalue weighted by Crippen LogP contribution is 2.20. The van der Waals surface area contributed by atoms with E-state index >= 15 is 0 Å². The Hall–Kier alpha value is -2.48. The summed E-state index contributed by atoms with van der Waals surface area (Å²) in [5, 5.41) is 19.2. The molecule has 3 heterocycles. The summed E-state index contributed by atoms with van der Waals surface area (Å²) >= 11 is 1.58. The van der Waals surface area contributed by atoms with E-state index in [1.165, 1.54) is 0 Å². The maximum absolute atomic E-state index is 11.9. The molecule has 1 N–H and O–H groups in total. The number of aromatic nitrogens is 4. The Bertz CT molecular complexity index is 822. The molecule has 8 heteroatoms. The van der Waals surface area contributed by atoms with E-state index in [2.05, 4.69) is 20.6 Å². The molecule has 0 atom stereocenters. The number of nitrogens with zero attached hydrogens (tertiary/aromatic N) is 4. The molecule has 132 valence electrons. The Balaban J connectivity index is 1.36. The molecule has 0 saturated carbocycles. The van der Waals surface area contributed by atoms with E-state index < -0.39 is 0 Å². The predicted molar refractivity (Wildman–Crippen MR) is 95.3 cm³/mol. The minimum absolute atomic E-state index is 0.0105. The number of thiophene rings is 1. The summed E-state index contributed by atoms with van der Waals surface area (Å²) in [5.74, 6) is 0.976. The van der Waals surface area contributed by atoms with Crippen molar-refractivity contribution in [1.82, 2.24) is 25.3 Å². The molecule has 1 amide bonds. The lowest BCUT2D eigenvalue weighted by molar-refractivity contribution is -0.121. The van der Waals surface area contributed by atoms with Crippen LogP contribution < -0.4 is 5.32 Å². The number of hydrogen-bond donors (Lipinski definition) is 1. The van der Waals surface area contributed by atoms with Gasteiger partial charge in [0.1, 0.15) is 0 Å². The summed E-state index contributed by atoms with van der Waals surface area (Å²) in [7, 11) is 0. The van der Waals surface area contributed by atoms with Gasteiger partial charge in [0, 0.05) is 42.6 Å². The van der Waals surface area contributed by atoms with E-state index in [1.54, 1.807) is 11.3 Å². The van der Waals surface area contributed by atoms with Crippen LogP contribution in [0.5, 0.6) is 0 Å². The summed E-state index contributed by atoms with van der Waals surface area (Å²) < 4.78 is 7.53. The molecule has 3 rings (SSSR count). The van der Waals surface area contributed by atoms with Crippen LogP contribution in [0.3, 0.4) is 0 Å². The maximum Gasteiger partial charge on any atom is 0.248 e. The smallest absolute Gasteiger partial charge is 0.248 e. The number of aryl methyl sites for hydroxylation is 4. The molecule has 0 unspecified atom stereocenters. The van der Waals surface area contributed by atoms with Crippen LogP contribution in [0.1, 0.15) is 30.1 Å². The van der Waals surface area contributed by atoms with Crippen molar-refractivity contribution in [2.45, 2.75) is 39.7 Å². The Labute approximate surface area is 150 Å². The van der Waals surface area contributed by atoms with Gasteiger partial charge in [-0.1, -0.05) is 0 Å². The monoisotopic (exact) mass is 359 g/mol. The van der Waals surface area contributed by atoms with Crippen molar-refractivity contribution >= 4 is 17.2 Å². The molecule has 3 aromatic heterocycles. The number of hydrogen-bond acceptors (Lipinski definition) is 6. The van der Waals surface area contributed by atoms with E-state index in [1.807, 2.05) is 41.4 Å². The Morgan fingerprint density at radius 1 is 1.36 bits per heavy atom. The summed E-state index contributed by atoms with van der Waals surface area (Å²) in [4.78, 5) is 11.9. The van der Waals surface area contributed by atoms with E-state index in [9.17, 15) is 4.79 Å². The molecule has 0 aliphatic heterocycles. The summed E-state index contributed by atoms with van der Waals surface area (Å²) in [6.45, 7) is 5.44. The van der Waals surface area contributed by atoms with Crippen molar-refractivity contribution in [2.75, 3.05) is 6.54 Å². The quantitative estimate of drug-likeness (QED) is 0.625. The molecule has 0 aromatic carbocycles. The van der Waals surface area contributed by atoms with Gasteiger partial charge in [-0.25, -0.2) is 0 Å². The largest absolute Gasteiger partial charge is 0.421 e. The van der Waals surface area contributed by atoms with Gasteiger partial charge in [-0.3, -0.25) is 9.48 Å². The minimum Gasteiger partial charge on any atom is -0.421 e. The van der Waals surface area contributed by atoms with Crippen LogP contribution >= 0.6 is 11.3 Å². The van der Waals surface area contributed by atoms with Crippen molar-refractivity contribution in [3.05, 3.63) is 40.2 Å². The van der Waals surface area contributed by atoms with E-state index in [4.69, 9.17) is 4.42 Å². The van der Waals surface area contributed by atoms with Crippen molar-refractivity contribution in [3.63, 3.8) is 0 Å². The third kappa shape index (κ3) is 4.76. The highest BCUT2D eigenvalue weighted by Gasteiger charge is 2.10. The zero-order chi connectivity index (χ0) is 17.6. The van der Waals surface area contributed by atoms with Crippen LogP contribution in [0.4, 0.5) is 0 Å². The number of rotatable bonds is 8. The minimum atomic E-state index is -0.0105. The number of amides is 1. The standard InChI is InChI=1S/C17H21N5O2S/c1-12-10-13(2)22(21-12)8-3-7-18-15(23)4-5-16-19-20-17(24-16)14-6-9-25-11-14/h6,9-11H,3-5,7-8H2,1-2H3,(H,18,23). The molecule has 0 spiro atoms. The third-order valence-corrected chi connectivity index (χ3v) is 4.46. The van der Waals surface area contributed by atoms with Gasteiger partial charge in [-0.2, -0.15) is 16.4 Å². The highest BCUT2D eigenvalue weighted by molar-refractivity contribution is 7.08. The number of carbonyl (C=O) groups is 1. The van der Waals surface area contributed by atoms with Gasteiger partial charge in [0.15, 0.2) is 0 Å². The first kappa shape index (κ1) is 17.3. The lowest BCUT2D eigenvalue weighted by Gasteiger charge is -2.06. The molecule has 7 nitrogen and oxygen atoms in total. The van der Waals surface area contributed by atoms with Gasteiger partial charge in [0.25, 0.3) is 0 Å². The van der Waals surface area contributed by atoms with E-state index in [0.29, 0.717) is 31.2 Å². The molecule has 25 heavy (non-hydrogen) atoms. The maximum atomic E-state index is 11.9. The average Bonchev–Trinajstić information content (AvgIpc) is 3.31. The number of nitrogens with one attached hydrogen (secondary N) is 1. The molecular formula is C17H21N5O2S. The molecule has 0 radical (unpaired) electrons. The lowest BCUT2D eigenvalue weighted by atomic mass is 10.3. The summed E-state index contributed by atoms with van der Waals surface area (Å²) in [5.41, 5.74) is 3.07. The van der Waals surface area contributed by atoms with Crippen molar-refractivity contribution in [3.8, 4) is 11.5 Å². The van der Waals surface area contributed by atoms with Crippen molar-refractivity contribution < 1.29 is 9.21 Å². The fourth-order valence-electron chi connectivity index (χ4n) is 2.52. The van der Waals surface area contributed by atoms with Crippen LogP contribution in [0.15, 0.2) is 27.3 Å². The molecular weight excluding hydrogens is 338 g/mol. The first-order chi connectivity index (χ1) is 12.1. The zero-order valence-electron chi connectivity index (χ0n) is 14.4. The third-order valence-electron chi connectivity index (χ3n) is 3.77. The SMILES string of the molecule is Cc1cc(C)n(CCCNC(=O)CCc2nnc(-c3ccsc3)o2)n1. The summed E-state index contributed by atoms with van der Waals surface area (Å²) in [6, 6.07) is 3.98. The van der Waals surface area contributed by atoms with Crippen LogP contribution in [-0.4, -0.2) is 32.4 Å². The molecule has 0 saturated heterocycles. The second-order valence-electron chi connectivity index (χ2n) is 5.87. The Morgan fingerprint density at radius 2 is 2.24 bits per heavy atom. The highest BCUT2D eigenvalue weighted by atomic mass is 32.1. The van der Waals surface area contributed by atoms with Gasteiger partial charge in [0.05, 0.1) is 5.69 Å². The predicted octanol–water partition coefficient (Wildman–Crippen LogP) is 2.75. The summed E-state index contributed by atoms with van der Waals surface area (Å²) in [6.07, 6.45) is 1.63. The molecule has 0 aliphatic rings. The normalized spacial score (nSPS) is 11.0. The topological polar surface area (TPSA) is 85.8 Å². The van der Waals surface area contributed by atoms with Crippen molar-refractivity contribution in [2.24, 2.45) is 0 Å². The van der Waals surface area contributed by atoms with Crippen LogP contribution in [-0.2, 0) is 17.8 Å². The fraction of sp³-hybridized carbons (Fsp3) is 0.412. The van der Waals surface area contributed by atoms with Gasteiger partial charge in [-0.05, 0) is 37.8 Å². The average molecular weight is 359 g/mol. The first-order valence-corrected chi connectivity index (χ1v) is 9.19. The fourth-order valence-corrected chi connectivity index (χ4v) is 3.15. The molecule has 3 aromatic rings. The van der Waals surface area contributed by atoms with Gasteiger partial charge in [0.2, 0.25) is 17.7 Å². The van der Waals surface area contributed by atoms with E-state index in [-0.39, 0.29) is 5.91 Å². The van der Waals surface area contributed by atoms with Crippen molar-refractivity contribution in [1.29, 1.82) is 0 Å². The first-order valence-electron chi connectivity index (χ1n) is 8.24. The molecule has 0 fully saturated rings. The van der Waals surface area contributed by atoms with Crippen LogP contribution in [0, 0.1) is 13.8 Å². The van der Waals surface area contributed by atoms with Gasteiger partial charge < -0.3 is 9.73 Å². The second kappa shape index (κ2) is 8.06. The lowest BCUT2D eigenvalue weighted by Crippen LogP contribution is -2.25. The zero-order valence-corrected chi connectivity index (χ0v) is 15.2. The number of carbonyl (C=O) groups excluding carboxylic acids is 1. The van der Waals surface area contributed by atoms with E-state index in [0.717, 1.165) is 29.9 Å². The Morgan fingerprint density at radius 3 is 2.96 bits per heavy atom. The van der Waals surface area contributed by atoms with Crippen LogP contribution in [0.25, 0.3) is 11.5 Å². The van der Waals surface area contributed by atoms with Gasteiger partial charge in [-0.15, -0.1) is 10.2 Å². The van der Waals surface area contributed by atoms with Crippen LogP contribution in [0.2, 0.25) is 0 Å². The van der Waals surface area contributed by atoms with Gasteiger partial charge >= 0.3 is 0 Å². The Kier molecular flexibility index (Phi) is 5.60. The second-order valence-corrected chi connectivity index (χ2v) is 6.65. The molecule has 0 aliphatic carbocycles. The molecule has 0 bridgehead atoms.